The van der Waals surface area contributed by atoms with Gasteiger partial charge in [0, 0.05) is 24.3 Å². The second kappa shape index (κ2) is 21.7. The lowest BCUT2D eigenvalue weighted by Crippen LogP contribution is -2.70. The van der Waals surface area contributed by atoms with Gasteiger partial charge in [-0.2, -0.15) is 220 Å². The van der Waals surface area contributed by atoms with Crippen molar-refractivity contribution >= 4 is 21.6 Å². The van der Waals surface area contributed by atoms with E-state index in [9.17, 15) is 220 Å². The fourth-order valence-corrected chi connectivity index (χ4v) is 6.96. The second-order valence-corrected chi connectivity index (χ2v) is 18.6. The number of rotatable bonds is 29. The summed E-state index contributed by atoms with van der Waals surface area (Å²) in [6.07, 6.45) is -36.4. The molecule has 0 saturated heterocycles. The van der Waals surface area contributed by atoms with Crippen LogP contribution in [-0.2, 0) is 0 Å². The summed E-state index contributed by atoms with van der Waals surface area (Å²) in [7, 11) is -2.28. The van der Waals surface area contributed by atoms with E-state index in [1.807, 2.05) is 0 Å². The first-order valence-corrected chi connectivity index (χ1v) is 21.2. The Bertz CT molecular complexity index is 2160. The Hall–Kier alpha value is -3.32. The summed E-state index contributed by atoms with van der Waals surface area (Å²) in [5.74, 6) is -194. The van der Waals surface area contributed by atoms with Crippen molar-refractivity contribution in [1.29, 1.82) is 0 Å². The number of hydrogen-bond acceptors (Lipinski definition) is 2. The van der Waals surface area contributed by atoms with Gasteiger partial charge < -0.3 is 0 Å². The number of alkyl halides is 50. The van der Waals surface area contributed by atoms with Crippen LogP contribution in [0.2, 0.25) is 0 Å². The van der Waals surface area contributed by atoms with Crippen LogP contribution in [0.25, 0.3) is 0 Å². The predicted molar refractivity (Wildman–Crippen MR) is 173 cm³/mol. The Morgan fingerprint density at radius 3 is 0.440 bits per heavy atom. The van der Waals surface area contributed by atoms with Gasteiger partial charge in [-0.1, -0.05) is 21.6 Å². The van der Waals surface area contributed by atoms with E-state index in [0.717, 1.165) is 0 Å². The zero-order chi connectivity index (χ0) is 69.1. The summed E-state index contributed by atoms with van der Waals surface area (Å²) in [5.41, 5.74) is 0. The van der Waals surface area contributed by atoms with E-state index in [4.69, 9.17) is 0 Å². The molecule has 0 atom stereocenters. The van der Waals surface area contributed by atoms with E-state index in [0.29, 0.717) is 0 Å². The third-order valence-corrected chi connectivity index (χ3v) is 12.5. The summed E-state index contributed by atoms with van der Waals surface area (Å²) in [6, 6.07) is 0. The van der Waals surface area contributed by atoms with Crippen LogP contribution in [-0.4, -0.2) is 154 Å². The number of allylic oxidation sites excluding steroid dienone is 4. The van der Waals surface area contributed by atoms with Gasteiger partial charge in [0.05, 0.1) is 0 Å². The molecule has 0 aliphatic rings. The summed E-state index contributed by atoms with van der Waals surface area (Å²) in [5, 5.41) is 0. The molecule has 52 heteroatoms. The SMILES string of the molecule is FC(F)(F)C(F)(F)C(F)(F)C(F)(F)C(F)(F)C(F)(F)C=CC(F)(F)C(F)(F)C(F)(F)C(F)(F)C(F)(F)C(F)(F)CCSSCCC(F)(F)C(F)(F)C(F)(F)C(F)(F)C(F)(F)C(F)(F)C=CC(F)(F)C(F)(F)C(F)(F)C(F)(F)C(F)(F)C(F)(F)F. The van der Waals surface area contributed by atoms with Crippen LogP contribution in [0.3, 0.4) is 0 Å². The highest BCUT2D eigenvalue weighted by Crippen LogP contribution is 2.66. The molecule has 502 valence electrons. The van der Waals surface area contributed by atoms with E-state index in [1.165, 1.54) is 0 Å². The van der Waals surface area contributed by atoms with Crippen molar-refractivity contribution in [3.05, 3.63) is 24.3 Å². The average molecular weight is 1410 g/mol. The smallest absolute Gasteiger partial charge is 0.200 e. The Kier molecular flexibility index (Phi) is 20.9. The third kappa shape index (κ3) is 11.7. The third-order valence-electron chi connectivity index (χ3n) is 10.1. The van der Waals surface area contributed by atoms with Gasteiger partial charge >= 0.3 is 143 Å². The van der Waals surface area contributed by atoms with Crippen LogP contribution < -0.4 is 0 Å². The van der Waals surface area contributed by atoms with Crippen LogP contribution in [0.4, 0.5) is 220 Å². The lowest BCUT2D eigenvalue weighted by Gasteiger charge is -2.41. The number of hydrogen-bond donors (Lipinski definition) is 0. The molecular weight excluding hydrogens is 1400 g/mol. The molecule has 0 aromatic rings. The minimum absolute atomic E-state index is 1.14. The molecule has 0 saturated carbocycles. The lowest BCUT2D eigenvalue weighted by atomic mass is 9.89. The first-order chi connectivity index (χ1) is 35.6. The van der Waals surface area contributed by atoms with Crippen LogP contribution in [0.5, 0.6) is 0 Å². The van der Waals surface area contributed by atoms with Crippen molar-refractivity contribution in [3.63, 3.8) is 0 Å². The van der Waals surface area contributed by atoms with E-state index < -0.39 is 213 Å². The topological polar surface area (TPSA) is 0 Å². The molecule has 0 unspecified atom stereocenters. The summed E-state index contributed by atoms with van der Waals surface area (Å²) in [6.45, 7) is 0. The van der Waals surface area contributed by atoms with Gasteiger partial charge in [-0.15, -0.1) is 0 Å². The van der Waals surface area contributed by atoms with Crippen molar-refractivity contribution in [2.24, 2.45) is 0 Å². The van der Waals surface area contributed by atoms with Crippen LogP contribution in [0, 0.1) is 0 Å². The molecule has 0 aliphatic carbocycles. The molecule has 0 fully saturated rings. The molecule has 0 N–H and O–H groups in total. The van der Waals surface area contributed by atoms with Gasteiger partial charge in [0.25, 0.3) is 0 Å². The Balaban J connectivity index is 6.64. The Labute approximate surface area is 433 Å². The zero-order valence-electron chi connectivity index (χ0n) is 36.9. The molecule has 0 radical (unpaired) electrons. The van der Waals surface area contributed by atoms with Crippen LogP contribution in [0.15, 0.2) is 24.3 Å². The molecule has 0 heterocycles. The van der Waals surface area contributed by atoms with E-state index in [-0.39, 0.29) is 0 Å². The maximum Gasteiger partial charge on any atom is 0.460 e. The van der Waals surface area contributed by atoms with Crippen molar-refractivity contribution < 1.29 is 220 Å². The molecule has 0 bridgehead atoms. The summed E-state index contributed by atoms with van der Waals surface area (Å²) >= 11 is 0. The zero-order valence-corrected chi connectivity index (χ0v) is 38.5. The first-order valence-electron chi connectivity index (χ1n) is 18.7. The normalized spacial score (nSPS) is 17.1. The average Bonchev–Trinajstić information content (AvgIpc) is 3.26. The van der Waals surface area contributed by atoms with Gasteiger partial charge in [0.15, 0.2) is 0 Å². The van der Waals surface area contributed by atoms with Crippen molar-refractivity contribution in [2.45, 2.75) is 155 Å². The fraction of sp³-hybridized carbons (Fsp3) is 0.875. The summed E-state index contributed by atoms with van der Waals surface area (Å²) in [4.78, 5) is 0. The Morgan fingerprint density at radius 1 is 0.167 bits per heavy atom. The van der Waals surface area contributed by atoms with Gasteiger partial charge in [0.2, 0.25) is 0 Å². The van der Waals surface area contributed by atoms with Gasteiger partial charge in [-0.05, 0) is 24.3 Å². The molecule has 0 aromatic heterocycles. The highest BCUT2D eigenvalue weighted by molar-refractivity contribution is 8.76. The first kappa shape index (κ1) is 80.7. The van der Waals surface area contributed by atoms with Crippen molar-refractivity contribution in [3.8, 4) is 0 Å². The largest absolute Gasteiger partial charge is 0.460 e. The quantitative estimate of drug-likeness (QED) is 0.0317. The van der Waals surface area contributed by atoms with Crippen molar-refractivity contribution in [1.82, 2.24) is 0 Å². The molecule has 0 aliphatic heterocycles. The van der Waals surface area contributed by atoms with E-state index in [1.54, 1.807) is 0 Å². The van der Waals surface area contributed by atoms with Gasteiger partial charge in [0.1, 0.15) is 0 Å². The maximum absolute atomic E-state index is 14.2. The minimum Gasteiger partial charge on any atom is -0.200 e. The van der Waals surface area contributed by atoms with Crippen LogP contribution in [0.1, 0.15) is 12.8 Å². The molecule has 0 aromatic carbocycles. The summed E-state index contributed by atoms with van der Waals surface area (Å²) < 4.78 is 680. The molecule has 0 amide bonds. The Morgan fingerprint density at radius 2 is 0.298 bits per heavy atom. The standard InChI is InChI=1S/C32H12F50S2/c33-9(34,1-3-11(37,38)17(49,50)25(65,66)27(69,70)29(73,74)31(77,78)79)15(45,46)21(57,58)23(61,62)19(53,54)13(41,42)5-7-83-84-8-6-14(43,44)20(55,56)24(63,64)22(59,60)16(47,48)10(35,36)2-4-12(39,40)18(51,52)26(67,68)28(71,72)30(75,76)32(80,81)82/h1-4H,5-8H2. The van der Waals surface area contributed by atoms with Gasteiger partial charge in [-0.25, -0.2) is 0 Å². The minimum atomic E-state index is -9.09. The fourth-order valence-electron chi connectivity index (χ4n) is 4.84. The van der Waals surface area contributed by atoms with E-state index in [2.05, 4.69) is 0 Å². The second-order valence-electron chi connectivity index (χ2n) is 15.9. The van der Waals surface area contributed by atoms with Crippen LogP contribution >= 0.6 is 21.6 Å². The molecule has 0 rings (SSSR count). The molecule has 0 spiro atoms. The van der Waals surface area contributed by atoms with Crippen molar-refractivity contribution in [2.75, 3.05) is 11.5 Å². The van der Waals surface area contributed by atoms with E-state index >= 15 is 0 Å². The lowest BCUT2D eigenvalue weighted by molar-refractivity contribution is -0.436. The molecular formula is C32H12F50S2. The number of halogens is 50. The monoisotopic (exact) mass is 1410 g/mol. The molecule has 84 heavy (non-hydrogen) atoms. The molecule has 0 nitrogen and oxygen atoms in total. The predicted octanol–water partition coefficient (Wildman–Crippen LogP) is 19.4. The van der Waals surface area contributed by atoms with Gasteiger partial charge in [-0.3, -0.25) is 0 Å². The maximum atomic E-state index is 14.2. The highest BCUT2D eigenvalue weighted by atomic mass is 33.1. The highest BCUT2D eigenvalue weighted by Gasteiger charge is 2.94.